The van der Waals surface area contributed by atoms with Crippen LogP contribution in [0.2, 0.25) is 0 Å². The molecule has 2 nitrogen and oxygen atoms in total. The molecule has 0 atom stereocenters. The molecule has 0 bridgehead atoms. The van der Waals surface area contributed by atoms with Gasteiger partial charge in [-0.2, -0.15) is 5.26 Å². The van der Waals surface area contributed by atoms with Crippen molar-refractivity contribution in [3.8, 4) is 17.6 Å². The van der Waals surface area contributed by atoms with E-state index in [1.807, 2.05) is 6.07 Å². The van der Waals surface area contributed by atoms with Gasteiger partial charge in [-0.3, -0.25) is 0 Å². The molecule has 0 aliphatic carbocycles. The minimum absolute atomic E-state index is 0.0650. The maximum Gasteiger partial charge on any atom is 0.167 e. The number of halogens is 2. The lowest BCUT2D eigenvalue weighted by atomic mass is 10.2. The Morgan fingerprint density at radius 1 is 1.17 bits per heavy atom. The first kappa shape index (κ1) is 12.4. The van der Waals surface area contributed by atoms with Gasteiger partial charge < -0.3 is 4.74 Å². The molecule has 4 heteroatoms. The summed E-state index contributed by atoms with van der Waals surface area (Å²) in [5.41, 5.74) is 0.894. The summed E-state index contributed by atoms with van der Waals surface area (Å²) in [4.78, 5) is 0. The van der Waals surface area contributed by atoms with Crippen LogP contribution < -0.4 is 4.74 Å². The van der Waals surface area contributed by atoms with Crippen LogP contribution in [0.1, 0.15) is 11.1 Å². The average Bonchev–Trinajstić information content (AvgIpc) is 2.41. The van der Waals surface area contributed by atoms with Crippen molar-refractivity contribution in [2.75, 3.05) is 0 Å². The Hall–Kier alpha value is -2.05. The smallest absolute Gasteiger partial charge is 0.167 e. The van der Waals surface area contributed by atoms with E-state index >= 15 is 0 Å². The molecule has 0 saturated heterocycles. The van der Waals surface area contributed by atoms with Gasteiger partial charge >= 0.3 is 0 Å². The predicted molar refractivity (Wildman–Crippen MR) is 67.2 cm³/mol. The van der Waals surface area contributed by atoms with Crippen LogP contribution in [0.3, 0.4) is 0 Å². The van der Waals surface area contributed by atoms with Gasteiger partial charge in [0, 0.05) is 5.56 Å². The van der Waals surface area contributed by atoms with Crippen LogP contribution in [-0.4, -0.2) is 0 Å². The fourth-order valence-electron chi connectivity index (χ4n) is 1.53. The van der Waals surface area contributed by atoms with Crippen molar-refractivity contribution >= 4 is 11.6 Å². The Labute approximate surface area is 109 Å². The molecule has 0 fully saturated rings. The van der Waals surface area contributed by atoms with E-state index in [0.29, 0.717) is 16.9 Å². The fourth-order valence-corrected chi connectivity index (χ4v) is 1.74. The molecule has 0 unspecified atom stereocenters. The van der Waals surface area contributed by atoms with Gasteiger partial charge in [-0.1, -0.05) is 24.3 Å². The normalized spacial score (nSPS) is 9.83. The van der Waals surface area contributed by atoms with Gasteiger partial charge in [0.05, 0.1) is 11.4 Å². The van der Waals surface area contributed by atoms with Crippen molar-refractivity contribution in [2.45, 2.75) is 5.88 Å². The number of nitrogens with zero attached hydrogens (tertiary/aromatic N) is 1. The summed E-state index contributed by atoms with van der Waals surface area (Å²) in [5.74, 6) is 0.0227. The second-order valence-corrected chi connectivity index (χ2v) is 3.84. The maximum atomic E-state index is 13.7. The second-order valence-electron chi connectivity index (χ2n) is 3.57. The summed E-state index contributed by atoms with van der Waals surface area (Å²) in [6.07, 6.45) is 0. The van der Waals surface area contributed by atoms with Crippen LogP contribution in [0.5, 0.6) is 11.5 Å². The molecule has 90 valence electrons. The third-order valence-corrected chi connectivity index (χ3v) is 2.70. The average molecular weight is 262 g/mol. The monoisotopic (exact) mass is 261 g/mol. The zero-order valence-electron chi connectivity index (χ0n) is 9.36. The molecule has 18 heavy (non-hydrogen) atoms. The molecule has 2 aromatic carbocycles. The molecule has 0 saturated carbocycles. The van der Waals surface area contributed by atoms with E-state index in [-0.39, 0.29) is 11.6 Å². The third-order valence-electron chi connectivity index (χ3n) is 2.41. The van der Waals surface area contributed by atoms with E-state index in [1.165, 1.54) is 6.07 Å². The van der Waals surface area contributed by atoms with Crippen LogP contribution in [0.15, 0.2) is 42.5 Å². The molecule has 0 aliphatic rings. The Kier molecular flexibility index (Phi) is 3.81. The number of benzene rings is 2. The van der Waals surface area contributed by atoms with Gasteiger partial charge in [0.15, 0.2) is 11.6 Å². The van der Waals surface area contributed by atoms with E-state index in [2.05, 4.69) is 0 Å². The second kappa shape index (κ2) is 5.52. The van der Waals surface area contributed by atoms with Crippen molar-refractivity contribution in [2.24, 2.45) is 0 Å². The molecule has 0 spiro atoms. The van der Waals surface area contributed by atoms with E-state index < -0.39 is 5.82 Å². The minimum Gasteiger partial charge on any atom is -0.453 e. The predicted octanol–water partition coefficient (Wildman–Crippen LogP) is 4.23. The Bertz CT molecular complexity index is 607. The van der Waals surface area contributed by atoms with E-state index in [4.69, 9.17) is 21.6 Å². The van der Waals surface area contributed by atoms with Crippen molar-refractivity contribution in [1.29, 1.82) is 5.26 Å². The topological polar surface area (TPSA) is 33.0 Å². The van der Waals surface area contributed by atoms with Crippen LogP contribution in [0.4, 0.5) is 4.39 Å². The van der Waals surface area contributed by atoms with Gasteiger partial charge in [-0.05, 0) is 18.2 Å². The van der Waals surface area contributed by atoms with Gasteiger partial charge in [-0.25, -0.2) is 4.39 Å². The highest BCUT2D eigenvalue weighted by Crippen LogP contribution is 2.31. The summed E-state index contributed by atoms with van der Waals surface area (Å²) < 4.78 is 19.2. The first-order valence-electron chi connectivity index (χ1n) is 5.26. The molecule has 2 rings (SSSR count). The number of alkyl halides is 1. The van der Waals surface area contributed by atoms with Crippen LogP contribution in [-0.2, 0) is 5.88 Å². The number of hydrogen-bond acceptors (Lipinski definition) is 2. The van der Waals surface area contributed by atoms with Crippen LogP contribution in [0, 0.1) is 17.1 Å². The van der Waals surface area contributed by atoms with Gasteiger partial charge in [0.25, 0.3) is 0 Å². The summed E-state index contributed by atoms with van der Waals surface area (Å²) in [6, 6.07) is 13.2. The van der Waals surface area contributed by atoms with E-state index in [1.54, 1.807) is 36.4 Å². The number of nitriles is 1. The number of hydrogen-bond donors (Lipinski definition) is 0. The number of para-hydroxylation sites is 2. The highest BCUT2D eigenvalue weighted by atomic mass is 35.5. The van der Waals surface area contributed by atoms with Gasteiger partial charge in [0.1, 0.15) is 11.8 Å². The summed E-state index contributed by atoms with van der Waals surface area (Å²) in [7, 11) is 0. The highest BCUT2D eigenvalue weighted by Gasteiger charge is 2.12. The lowest BCUT2D eigenvalue weighted by Gasteiger charge is -2.11. The zero-order chi connectivity index (χ0) is 13.0. The van der Waals surface area contributed by atoms with Crippen molar-refractivity contribution in [3.63, 3.8) is 0 Å². The third kappa shape index (κ3) is 2.44. The standard InChI is InChI=1S/C14H9ClFNO/c15-8-10-5-3-6-12(16)14(10)18-13-7-2-1-4-11(13)9-17/h1-7H,8H2. The van der Waals surface area contributed by atoms with E-state index in [9.17, 15) is 4.39 Å². The molecule has 0 aliphatic heterocycles. The van der Waals surface area contributed by atoms with Crippen molar-refractivity contribution in [3.05, 3.63) is 59.4 Å². The lowest BCUT2D eigenvalue weighted by molar-refractivity contribution is 0.437. The van der Waals surface area contributed by atoms with Gasteiger partial charge in [-0.15, -0.1) is 11.6 Å². The summed E-state index contributed by atoms with van der Waals surface area (Å²) >= 11 is 5.73. The maximum absolute atomic E-state index is 13.7. The molecular formula is C14H9ClFNO. The molecule has 0 amide bonds. The number of ether oxygens (including phenoxy) is 1. The molecule has 2 aromatic rings. The quantitative estimate of drug-likeness (QED) is 0.775. The van der Waals surface area contributed by atoms with Crippen LogP contribution in [0.25, 0.3) is 0 Å². The first-order chi connectivity index (χ1) is 8.76. The van der Waals surface area contributed by atoms with Crippen LogP contribution >= 0.6 is 11.6 Å². The minimum atomic E-state index is -0.499. The first-order valence-corrected chi connectivity index (χ1v) is 5.80. The fraction of sp³-hybridized carbons (Fsp3) is 0.0714. The molecule has 0 radical (unpaired) electrons. The zero-order valence-corrected chi connectivity index (χ0v) is 10.1. The summed E-state index contributed by atoms with van der Waals surface area (Å²) in [5, 5.41) is 8.94. The number of rotatable bonds is 3. The molecular weight excluding hydrogens is 253 g/mol. The largest absolute Gasteiger partial charge is 0.453 e. The Morgan fingerprint density at radius 3 is 2.67 bits per heavy atom. The SMILES string of the molecule is N#Cc1ccccc1Oc1c(F)cccc1CCl. The van der Waals surface area contributed by atoms with E-state index in [0.717, 1.165) is 0 Å². The molecule has 0 N–H and O–H groups in total. The Morgan fingerprint density at radius 2 is 1.94 bits per heavy atom. The lowest BCUT2D eigenvalue weighted by Crippen LogP contribution is -1.95. The Balaban J connectivity index is 2.43. The molecule has 0 aromatic heterocycles. The van der Waals surface area contributed by atoms with Gasteiger partial charge in [0.2, 0.25) is 0 Å². The molecule has 0 heterocycles. The van der Waals surface area contributed by atoms with Crippen molar-refractivity contribution < 1.29 is 9.13 Å². The summed E-state index contributed by atoms with van der Waals surface area (Å²) in [6.45, 7) is 0. The highest BCUT2D eigenvalue weighted by molar-refractivity contribution is 6.17. The van der Waals surface area contributed by atoms with Crippen molar-refractivity contribution in [1.82, 2.24) is 0 Å².